The lowest BCUT2D eigenvalue weighted by atomic mass is 10.1. The fourth-order valence-electron chi connectivity index (χ4n) is 1.40. The van der Waals surface area contributed by atoms with E-state index < -0.39 is 0 Å². The summed E-state index contributed by atoms with van der Waals surface area (Å²) in [5.74, 6) is 1.12. The smallest absolute Gasteiger partial charge is 0.125 e. The Morgan fingerprint density at radius 2 is 2.42 bits per heavy atom. The van der Waals surface area contributed by atoms with Crippen LogP contribution >= 0.6 is 0 Å². The van der Waals surface area contributed by atoms with Gasteiger partial charge in [0.05, 0.1) is 6.04 Å². The van der Waals surface area contributed by atoms with Crippen LogP contribution in [0.25, 0.3) is 0 Å². The molecule has 3 nitrogen and oxygen atoms in total. The maximum absolute atomic E-state index is 4.31. The molecule has 68 valence electrons. The second kappa shape index (κ2) is 4.26. The molecular weight excluding hydrogens is 150 g/mol. The number of rotatable bonds is 4. The number of aryl methyl sites for hydroxylation is 1. The van der Waals surface area contributed by atoms with Crippen molar-refractivity contribution in [1.82, 2.24) is 14.9 Å². The molecule has 1 atom stereocenters. The predicted octanol–water partition coefficient (Wildman–Crippen LogP) is 1.48. The monoisotopic (exact) mass is 167 g/mol. The molecule has 1 unspecified atom stereocenters. The quantitative estimate of drug-likeness (QED) is 0.736. The normalized spacial score (nSPS) is 13.2. The third kappa shape index (κ3) is 1.85. The highest BCUT2D eigenvalue weighted by molar-refractivity contribution is 4.97. The van der Waals surface area contributed by atoms with Crippen LogP contribution in [-0.2, 0) is 7.05 Å². The Balaban J connectivity index is 2.72. The molecule has 1 heterocycles. The SMILES string of the molecule is CCCC(NC)c1nccn1C. The van der Waals surface area contributed by atoms with E-state index in [1.807, 2.05) is 26.5 Å². The molecule has 0 spiro atoms. The van der Waals surface area contributed by atoms with Gasteiger partial charge < -0.3 is 9.88 Å². The lowest BCUT2D eigenvalue weighted by molar-refractivity contribution is 0.499. The van der Waals surface area contributed by atoms with Crippen molar-refractivity contribution in [2.24, 2.45) is 7.05 Å². The first-order valence-electron chi connectivity index (χ1n) is 4.44. The van der Waals surface area contributed by atoms with Crippen molar-refractivity contribution in [3.05, 3.63) is 18.2 Å². The summed E-state index contributed by atoms with van der Waals surface area (Å²) in [7, 11) is 4.01. The second-order valence-corrected chi connectivity index (χ2v) is 3.03. The molecule has 0 aromatic carbocycles. The van der Waals surface area contributed by atoms with Crippen LogP contribution in [0.15, 0.2) is 12.4 Å². The van der Waals surface area contributed by atoms with Gasteiger partial charge in [-0.05, 0) is 13.5 Å². The molecule has 0 bridgehead atoms. The average Bonchev–Trinajstić information content (AvgIpc) is 2.47. The van der Waals surface area contributed by atoms with Gasteiger partial charge in [0.15, 0.2) is 0 Å². The number of hydrogen-bond acceptors (Lipinski definition) is 2. The number of nitrogens with zero attached hydrogens (tertiary/aromatic N) is 2. The van der Waals surface area contributed by atoms with E-state index in [1.54, 1.807) is 0 Å². The van der Waals surface area contributed by atoms with Crippen molar-refractivity contribution in [3.63, 3.8) is 0 Å². The van der Waals surface area contributed by atoms with E-state index in [4.69, 9.17) is 0 Å². The number of imidazole rings is 1. The third-order valence-corrected chi connectivity index (χ3v) is 2.10. The summed E-state index contributed by atoms with van der Waals surface area (Å²) >= 11 is 0. The Labute approximate surface area is 73.8 Å². The Morgan fingerprint density at radius 3 is 2.83 bits per heavy atom. The zero-order valence-corrected chi connectivity index (χ0v) is 8.04. The molecule has 0 saturated carbocycles. The van der Waals surface area contributed by atoms with E-state index in [9.17, 15) is 0 Å². The molecule has 3 heteroatoms. The summed E-state index contributed by atoms with van der Waals surface area (Å²) < 4.78 is 2.07. The van der Waals surface area contributed by atoms with E-state index in [-0.39, 0.29) is 0 Å². The van der Waals surface area contributed by atoms with Gasteiger partial charge in [0.25, 0.3) is 0 Å². The Kier molecular flexibility index (Phi) is 3.29. The van der Waals surface area contributed by atoms with Gasteiger partial charge in [-0.2, -0.15) is 0 Å². The van der Waals surface area contributed by atoms with E-state index >= 15 is 0 Å². The molecule has 0 aliphatic heterocycles. The standard InChI is InChI=1S/C9H17N3/c1-4-5-8(10-2)9-11-6-7-12(9)3/h6-8,10H,4-5H2,1-3H3. The van der Waals surface area contributed by atoms with Gasteiger partial charge in [0.2, 0.25) is 0 Å². The second-order valence-electron chi connectivity index (χ2n) is 3.03. The van der Waals surface area contributed by atoms with Gasteiger partial charge in [-0.25, -0.2) is 4.98 Å². The van der Waals surface area contributed by atoms with Crippen molar-refractivity contribution in [2.45, 2.75) is 25.8 Å². The first-order chi connectivity index (χ1) is 5.79. The van der Waals surface area contributed by atoms with Gasteiger partial charge in [0.1, 0.15) is 5.82 Å². The molecule has 0 fully saturated rings. The number of aromatic nitrogens is 2. The molecule has 12 heavy (non-hydrogen) atoms. The fraction of sp³-hybridized carbons (Fsp3) is 0.667. The van der Waals surface area contributed by atoms with E-state index in [2.05, 4.69) is 21.8 Å². The van der Waals surface area contributed by atoms with Gasteiger partial charge in [-0.1, -0.05) is 13.3 Å². The third-order valence-electron chi connectivity index (χ3n) is 2.10. The minimum absolute atomic E-state index is 0.398. The lowest BCUT2D eigenvalue weighted by Crippen LogP contribution is -2.19. The van der Waals surface area contributed by atoms with Crippen molar-refractivity contribution in [3.8, 4) is 0 Å². The van der Waals surface area contributed by atoms with Crippen molar-refractivity contribution in [1.29, 1.82) is 0 Å². The number of hydrogen-bond donors (Lipinski definition) is 1. The summed E-state index contributed by atoms with van der Waals surface area (Å²) in [5, 5.41) is 3.26. The van der Waals surface area contributed by atoms with Crippen LogP contribution in [0.4, 0.5) is 0 Å². The molecule has 0 saturated heterocycles. The molecule has 0 aliphatic rings. The topological polar surface area (TPSA) is 29.9 Å². The highest BCUT2D eigenvalue weighted by Crippen LogP contribution is 2.14. The van der Waals surface area contributed by atoms with Crippen LogP contribution in [0.3, 0.4) is 0 Å². The summed E-state index contributed by atoms with van der Waals surface area (Å²) in [6.45, 7) is 2.19. The Morgan fingerprint density at radius 1 is 1.67 bits per heavy atom. The summed E-state index contributed by atoms with van der Waals surface area (Å²) in [6, 6.07) is 0.398. The summed E-state index contributed by atoms with van der Waals surface area (Å²) in [5.41, 5.74) is 0. The van der Waals surface area contributed by atoms with Gasteiger partial charge in [-0.3, -0.25) is 0 Å². The van der Waals surface area contributed by atoms with Crippen LogP contribution in [-0.4, -0.2) is 16.6 Å². The van der Waals surface area contributed by atoms with Crippen LogP contribution in [0, 0.1) is 0 Å². The van der Waals surface area contributed by atoms with Gasteiger partial charge in [-0.15, -0.1) is 0 Å². The van der Waals surface area contributed by atoms with Crippen LogP contribution in [0.1, 0.15) is 31.6 Å². The molecular formula is C9H17N3. The minimum atomic E-state index is 0.398. The maximum Gasteiger partial charge on any atom is 0.125 e. The largest absolute Gasteiger partial charge is 0.337 e. The molecule has 0 amide bonds. The molecule has 1 N–H and O–H groups in total. The van der Waals surface area contributed by atoms with E-state index in [1.165, 1.54) is 6.42 Å². The molecule has 1 rings (SSSR count). The van der Waals surface area contributed by atoms with E-state index in [0.717, 1.165) is 12.2 Å². The van der Waals surface area contributed by atoms with Crippen LogP contribution < -0.4 is 5.32 Å². The molecule has 1 aromatic rings. The van der Waals surface area contributed by atoms with E-state index in [0.29, 0.717) is 6.04 Å². The Hall–Kier alpha value is -0.830. The van der Waals surface area contributed by atoms with Crippen LogP contribution in [0.2, 0.25) is 0 Å². The minimum Gasteiger partial charge on any atom is -0.337 e. The van der Waals surface area contributed by atoms with Crippen molar-refractivity contribution >= 4 is 0 Å². The molecule has 0 radical (unpaired) electrons. The van der Waals surface area contributed by atoms with Crippen LogP contribution in [0.5, 0.6) is 0 Å². The highest BCUT2D eigenvalue weighted by Gasteiger charge is 2.11. The van der Waals surface area contributed by atoms with Gasteiger partial charge >= 0.3 is 0 Å². The molecule has 1 aromatic heterocycles. The zero-order chi connectivity index (χ0) is 8.97. The first kappa shape index (κ1) is 9.26. The zero-order valence-electron chi connectivity index (χ0n) is 8.04. The predicted molar refractivity (Wildman–Crippen MR) is 49.9 cm³/mol. The Bertz CT molecular complexity index is 229. The van der Waals surface area contributed by atoms with Crippen molar-refractivity contribution < 1.29 is 0 Å². The van der Waals surface area contributed by atoms with Gasteiger partial charge in [0, 0.05) is 19.4 Å². The summed E-state index contributed by atoms with van der Waals surface area (Å²) in [4.78, 5) is 4.31. The maximum atomic E-state index is 4.31. The average molecular weight is 167 g/mol. The highest BCUT2D eigenvalue weighted by atomic mass is 15.1. The van der Waals surface area contributed by atoms with Crippen molar-refractivity contribution in [2.75, 3.05) is 7.05 Å². The fourth-order valence-corrected chi connectivity index (χ4v) is 1.40. The summed E-state index contributed by atoms with van der Waals surface area (Å²) in [6.07, 6.45) is 6.14. The number of nitrogens with one attached hydrogen (secondary N) is 1. The molecule has 0 aliphatic carbocycles. The lowest BCUT2D eigenvalue weighted by Gasteiger charge is -2.14. The first-order valence-corrected chi connectivity index (χ1v) is 4.44.